The molecule has 0 saturated carbocycles. The Bertz CT molecular complexity index is 448. The number of benzene rings is 1. The van der Waals surface area contributed by atoms with Crippen LogP contribution in [0.3, 0.4) is 0 Å². The van der Waals surface area contributed by atoms with Crippen LogP contribution in [0.15, 0.2) is 24.3 Å². The number of ether oxygens (including phenoxy) is 1. The maximum Gasteiger partial charge on any atom is 0.123 e. The maximum absolute atomic E-state index is 6.39. The average molecular weight is 291 g/mol. The van der Waals surface area contributed by atoms with E-state index < -0.39 is 0 Å². The van der Waals surface area contributed by atoms with E-state index in [1.54, 1.807) is 7.11 Å². The monoisotopic (exact) mass is 291 g/mol. The van der Waals surface area contributed by atoms with Crippen molar-refractivity contribution in [2.75, 3.05) is 39.8 Å². The van der Waals surface area contributed by atoms with Gasteiger partial charge in [-0.2, -0.15) is 0 Å². The van der Waals surface area contributed by atoms with E-state index in [4.69, 9.17) is 10.5 Å². The van der Waals surface area contributed by atoms with Crippen LogP contribution in [0.1, 0.15) is 32.4 Å². The first-order chi connectivity index (χ1) is 9.91. The van der Waals surface area contributed by atoms with Crippen molar-refractivity contribution in [3.05, 3.63) is 29.8 Å². The van der Waals surface area contributed by atoms with E-state index in [0.717, 1.165) is 44.0 Å². The molecule has 1 atom stereocenters. The number of rotatable bonds is 4. The Morgan fingerprint density at radius 1 is 1.14 bits per heavy atom. The molecule has 0 amide bonds. The third kappa shape index (κ3) is 4.19. The number of para-hydroxylation sites is 1. The number of hydrogen-bond donors (Lipinski definition) is 1. The standard InChI is InChI=1S/C17H29N3O/c1-17(2,3)20-11-9-19(10-12-20)13-15(18)14-7-5-6-8-16(14)21-4/h5-8,15H,9-13,18H2,1-4H3. The number of nitrogens with zero attached hydrogens (tertiary/aromatic N) is 2. The van der Waals surface area contributed by atoms with Crippen LogP contribution >= 0.6 is 0 Å². The largest absolute Gasteiger partial charge is 0.496 e. The molecule has 0 spiro atoms. The van der Waals surface area contributed by atoms with E-state index in [9.17, 15) is 0 Å². The van der Waals surface area contributed by atoms with Crippen LogP contribution in [0.25, 0.3) is 0 Å². The van der Waals surface area contributed by atoms with Crippen LogP contribution in [0, 0.1) is 0 Å². The van der Waals surface area contributed by atoms with Crippen molar-refractivity contribution >= 4 is 0 Å². The fourth-order valence-electron chi connectivity index (χ4n) is 2.95. The minimum Gasteiger partial charge on any atom is -0.496 e. The van der Waals surface area contributed by atoms with E-state index in [1.807, 2.05) is 18.2 Å². The third-order valence-electron chi connectivity index (χ3n) is 4.31. The first-order valence-corrected chi connectivity index (χ1v) is 7.77. The predicted molar refractivity (Wildman–Crippen MR) is 87.7 cm³/mol. The molecule has 1 unspecified atom stereocenters. The van der Waals surface area contributed by atoms with Gasteiger partial charge >= 0.3 is 0 Å². The van der Waals surface area contributed by atoms with Crippen molar-refractivity contribution in [2.24, 2.45) is 5.73 Å². The van der Waals surface area contributed by atoms with Gasteiger partial charge < -0.3 is 10.5 Å². The molecule has 1 aromatic rings. The Hall–Kier alpha value is -1.10. The van der Waals surface area contributed by atoms with Gasteiger partial charge in [0.1, 0.15) is 5.75 Å². The summed E-state index contributed by atoms with van der Waals surface area (Å²) in [6.07, 6.45) is 0. The normalized spacial score (nSPS) is 19.5. The molecule has 1 aliphatic heterocycles. The SMILES string of the molecule is COc1ccccc1C(N)CN1CCN(C(C)(C)C)CC1. The summed E-state index contributed by atoms with van der Waals surface area (Å²) in [4.78, 5) is 5.00. The molecule has 2 rings (SSSR count). The van der Waals surface area contributed by atoms with Crippen molar-refractivity contribution in [2.45, 2.75) is 32.4 Å². The lowest BCUT2D eigenvalue weighted by Gasteiger charge is -2.42. The van der Waals surface area contributed by atoms with Crippen LogP contribution < -0.4 is 10.5 Å². The molecule has 0 radical (unpaired) electrons. The smallest absolute Gasteiger partial charge is 0.123 e. The zero-order valence-corrected chi connectivity index (χ0v) is 13.8. The summed E-state index contributed by atoms with van der Waals surface area (Å²) in [6.45, 7) is 12.1. The highest BCUT2D eigenvalue weighted by Crippen LogP contribution is 2.24. The van der Waals surface area contributed by atoms with Crippen molar-refractivity contribution in [3.8, 4) is 5.75 Å². The number of methoxy groups -OCH3 is 1. The van der Waals surface area contributed by atoms with Crippen molar-refractivity contribution in [1.82, 2.24) is 9.80 Å². The van der Waals surface area contributed by atoms with E-state index in [1.165, 1.54) is 0 Å². The lowest BCUT2D eigenvalue weighted by atomic mass is 10.0. The van der Waals surface area contributed by atoms with E-state index in [-0.39, 0.29) is 11.6 Å². The Kier molecular flexibility index (Phi) is 5.25. The van der Waals surface area contributed by atoms with E-state index in [2.05, 4.69) is 36.6 Å². The van der Waals surface area contributed by atoms with Crippen LogP contribution in [-0.4, -0.2) is 55.2 Å². The van der Waals surface area contributed by atoms with Crippen LogP contribution in [0.4, 0.5) is 0 Å². The minimum atomic E-state index is 0.00216. The summed E-state index contributed by atoms with van der Waals surface area (Å²) >= 11 is 0. The lowest BCUT2D eigenvalue weighted by Crippen LogP contribution is -2.54. The highest BCUT2D eigenvalue weighted by molar-refractivity contribution is 5.35. The fourth-order valence-corrected chi connectivity index (χ4v) is 2.95. The van der Waals surface area contributed by atoms with Crippen LogP contribution in [0.5, 0.6) is 5.75 Å². The van der Waals surface area contributed by atoms with Gasteiger partial charge in [0, 0.05) is 49.9 Å². The van der Waals surface area contributed by atoms with Crippen molar-refractivity contribution in [3.63, 3.8) is 0 Å². The summed E-state index contributed by atoms with van der Waals surface area (Å²) in [5.41, 5.74) is 7.74. The van der Waals surface area contributed by atoms with Crippen LogP contribution in [-0.2, 0) is 0 Å². The molecule has 0 bridgehead atoms. The van der Waals surface area contributed by atoms with Gasteiger partial charge in [0.05, 0.1) is 7.11 Å². The molecule has 1 aliphatic rings. The summed E-state index contributed by atoms with van der Waals surface area (Å²) in [5.74, 6) is 0.887. The topological polar surface area (TPSA) is 41.7 Å². The van der Waals surface area contributed by atoms with Gasteiger partial charge in [0.2, 0.25) is 0 Å². The van der Waals surface area contributed by atoms with Crippen LogP contribution in [0.2, 0.25) is 0 Å². The molecular formula is C17H29N3O. The molecule has 1 aromatic carbocycles. The molecule has 2 N–H and O–H groups in total. The molecular weight excluding hydrogens is 262 g/mol. The second kappa shape index (κ2) is 6.77. The maximum atomic E-state index is 6.39. The quantitative estimate of drug-likeness (QED) is 0.922. The molecule has 1 fully saturated rings. The summed E-state index contributed by atoms with van der Waals surface area (Å²) < 4.78 is 5.41. The van der Waals surface area contributed by atoms with Gasteiger partial charge in [-0.25, -0.2) is 0 Å². The second-order valence-corrected chi connectivity index (χ2v) is 6.81. The van der Waals surface area contributed by atoms with E-state index >= 15 is 0 Å². The third-order valence-corrected chi connectivity index (χ3v) is 4.31. The molecule has 118 valence electrons. The first-order valence-electron chi connectivity index (χ1n) is 7.77. The summed E-state index contributed by atoms with van der Waals surface area (Å²) in [6, 6.07) is 8.05. The molecule has 0 aliphatic carbocycles. The Balaban J connectivity index is 1.91. The van der Waals surface area contributed by atoms with Gasteiger partial charge in [0.15, 0.2) is 0 Å². The molecule has 0 aromatic heterocycles. The zero-order valence-electron chi connectivity index (χ0n) is 13.8. The summed E-state index contributed by atoms with van der Waals surface area (Å²) in [7, 11) is 1.70. The number of piperazine rings is 1. The average Bonchev–Trinajstić information content (AvgIpc) is 2.46. The highest BCUT2D eigenvalue weighted by Gasteiger charge is 2.26. The number of hydrogen-bond acceptors (Lipinski definition) is 4. The van der Waals surface area contributed by atoms with Gasteiger partial charge in [-0.1, -0.05) is 18.2 Å². The Labute approximate surface area is 128 Å². The van der Waals surface area contributed by atoms with Gasteiger partial charge in [-0.3, -0.25) is 9.80 Å². The van der Waals surface area contributed by atoms with E-state index in [0.29, 0.717) is 0 Å². The Morgan fingerprint density at radius 2 is 1.76 bits per heavy atom. The number of nitrogens with two attached hydrogens (primary N) is 1. The second-order valence-electron chi connectivity index (χ2n) is 6.81. The lowest BCUT2D eigenvalue weighted by molar-refractivity contribution is 0.0597. The molecule has 1 heterocycles. The van der Waals surface area contributed by atoms with Crippen molar-refractivity contribution < 1.29 is 4.74 Å². The van der Waals surface area contributed by atoms with Gasteiger partial charge in [-0.15, -0.1) is 0 Å². The van der Waals surface area contributed by atoms with Gasteiger partial charge in [0.25, 0.3) is 0 Å². The zero-order chi connectivity index (χ0) is 15.5. The minimum absolute atomic E-state index is 0.00216. The molecule has 4 nitrogen and oxygen atoms in total. The molecule has 21 heavy (non-hydrogen) atoms. The molecule has 1 saturated heterocycles. The Morgan fingerprint density at radius 3 is 2.33 bits per heavy atom. The molecule has 4 heteroatoms. The fraction of sp³-hybridized carbons (Fsp3) is 0.647. The first kappa shape index (κ1) is 16.3. The van der Waals surface area contributed by atoms with Crippen molar-refractivity contribution in [1.29, 1.82) is 0 Å². The summed E-state index contributed by atoms with van der Waals surface area (Å²) in [5, 5.41) is 0. The predicted octanol–water partition coefficient (Wildman–Crippen LogP) is 2.11. The van der Waals surface area contributed by atoms with Gasteiger partial charge in [-0.05, 0) is 26.8 Å². The highest BCUT2D eigenvalue weighted by atomic mass is 16.5.